The van der Waals surface area contributed by atoms with E-state index in [1.807, 2.05) is 32.1 Å². The van der Waals surface area contributed by atoms with Gasteiger partial charge < -0.3 is 5.32 Å². The molecular formula is C11H15NO. The largest absolute Gasteiger partial charge is 0.326 e. The SMILES string of the molecule is C\C=C/C=C1/CCC(=O)N/C1=C/C. The molecule has 1 aliphatic rings. The fourth-order valence-corrected chi connectivity index (χ4v) is 1.32. The van der Waals surface area contributed by atoms with E-state index in [1.165, 1.54) is 5.57 Å². The lowest BCUT2D eigenvalue weighted by Gasteiger charge is -2.18. The normalized spacial score (nSPS) is 24.3. The van der Waals surface area contributed by atoms with E-state index in [0.29, 0.717) is 6.42 Å². The number of piperidine rings is 1. The molecule has 2 nitrogen and oxygen atoms in total. The standard InChI is InChI=1S/C11H15NO/c1-3-5-6-9-7-8-11(13)12-10(9)4-2/h3-6H,7-8H2,1-2H3,(H,12,13)/b5-3-,9-6-,10-4+. The molecule has 0 bridgehead atoms. The molecule has 0 aromatic heterocycles. The zero-order chi connectivity index (χ0) is 9.68. The third-order valence-electron chi connectivity index (χ3n) is 2.02. The molecule has 1 N–H and O–H groups in total. The van der Waals surface area contributed by atoms with Crippen molar-refractivity contribution in [2.75, 3.05) is 0 Å². The number of carbonyl (C=O) groups excluding carboxylic acids is 1. The average Bonchev–Trinajstić information content (AvgIpc) is 2.16. The number of nitrogens with one attached hydrogen (secondary N) is 1. The van der Waals surface area contributed by atoms with E-state index in [0.717, 1.165) is 12.1 Å². The third kappa shape index (κ3) is 2.58. The van der Waals surface area contributed by atoms with Crippen molar-refractivity contribution in [2.45, 2.75) is 26.7 Å². The van der Waals surface area contributed by atoms with E-state index in [4.69, 9.17) is 0 Å². The predicted molar refractivity (Wildman–Crippen MR) is 54.0 cm³/mol. The Balaban J connectivity index is 2.80. The fraction of sp³-hybridized carbons (Fsp3) is 0.364. The van der Waals surface area contributed by atoms with E-state index in [1.54, 1.807) is 0 Å². The van der Waals surface area contributed by atoms with Crippen LogP contribution >= 0.6 is 0 Å². The van der Waals surface area contributed by atoms with Crippen LogP contribution < -0.4 is 5.32 Å². The number of rotatable bonds is 1. The molecule has 0 aliphatic carbocycles. The van der Waals surface area contributed by atoms with Crippen molar-refractivity contribution in [1.82, 2.24) is 5.32 Å². The van der Waals surface area contributed by atoms with E-state index < -0.39 is 0 Å². The summed E-state index contributed by atoms with van der Waals surface area (Å²) in [7, 11) is 0. The first-order chi connectivity index (χ1) is 6.27. The molecule has 0 saturated carbocycles. The van der Waals surface area contributed by atoms with Crippen LogP contribution in [0.25, 0.3) is 0 Å². The van der Waals surface area contributed by atoms with Crippen molar-refractivity contribution in [2.24, 2.45) is 0 Å². The Hall–Kier alpha value is -1.31. The van der Waals surface area contributed by atoms with Crippen LogP contribution in [-0.2, 0) is 4.79 Å². The second-order valence-corrected chi connectivity index (χ2v) is 2.97. The molecule has 0 unspecified atom stereocenters. The van der Waals surface area contributed by atoms with Crippen LogP contribution in [-0.4, -0.2) is 5.91 Å². The maximum Gasteiger partial charge on any atom is 0.224 e. The van der Waals surface area contributed by atoms with Gasteiger partial charge >= 0.3 is 0 Å². The minimum atomic E-state index is 0.116. The lowest BCUT2D eigenvalue weighted by Crippen LogP contribution is -2.28. The molecule has 0 spiro atoms. The zero-order valence-electron chi connectivity index (χ0n) is 8.13. The monoisotopic (exact) mass is 177 g/mol. The van der Waals surface area contributed by atoms with Crippen LogP contribution in [0.4, 0.5) is 0 Å². The number of amides is 1. The van der Waals surface area contributed by atoms with Crippen LogP contribution in [0.1, 0.15) is 26.7 Å². The Labute approximate surface area is 79.0 Å². The quantitative estimate of drug-likeness (QED) is 0.654. The Kier molecular flexibility index (Phi) is 3.50. The van der Waals surface area contributed by atoms with Crippen molar-refractivity contribution in [3.05, 3.63) is 35.6 Å². The Morgan fingerprint density at radius 1 is 1.31 bits per heavy atom. The van der Waals surface area contributed by atoms with Crippen LogP contribution in [0.15, 0.2) is 35.6 Å². The molecule has 0 atom stereocenters. The number of allylic oxidation sites excluding steroid dienone is 5. The highest BCUT2D eigenvalue weighted by Crippen LogP contribution is 2.18. The van der Waals surface area contributed by atoms with Crippen molar-refractivity contribution < 1.29 is 4.79 Å². The molecule has 2 heteroatoms. The molecule has 1 rings (SSSR count). The summed E-state index contributed by atoms with van der Waals surface area (Å²) in [6.07, 6.45) is 9.41. The smallest absolute Gasteiger partial charge is 0.224 e. The molecule has 1 saturated heterocycles. The van der Waals surface area contributed by atoms with Crippen molar-refractivity contribution >= 4 is 5.91 Å². The second-order valence-electron chi connectivity index (χ2n) is 2.97. The maximum atomic E-state index is 11.1. The molecule has 70 valence electrons. The molecule has 1 heterocycles. The Morgan fingerprint density at radius 2 is 2.08 bits per heavy atom. The Morgan fingerprint density at radius 3 is 2.69 bits per heavy atom. The fourth-order valence-electron chi connectivity index (χ4n) is 1.32. The van der Waals surface area contributed by atoms with Gasteiger partial charge in [0.1, 0.15) is 0 Å². The van der Waals surface area contributed by atoms with Crippen LogP contribution in [0, 0.1) is 0 Å². The first kappa shape index (κ1) is 9.78. The van der Waals surface area contributed by atoms with Crippen molar-refractivity contribution in [3.63, 3.8) is 0 Å². The summed E-state index contributed by atoms with van der Waals surface area (Å²) < 4.78 is 0. The third-order valence-corrected chi connectivity index (χ3v) is 2.02. The van der Waals surface area contributed by atoms with E-state index in [9.17, 15) is 4.79 Å². The molecule has 1 fully saturated rings. The van der Waals surface area contributed by atoms with Gasteiger partial charge in [0.15, 0.2) is 0 Å². The summed E-state index contributed by atoms with van der Waals surface area (Å²) in [5, 5.41) is 2.85. The van der Waals surface area contributed by atoms with E-state index in [-0.39, 0.29) is 5.91 Å². The number of carbonyl (C=O) groups is 1. The Bertz CT molecular complexity index is 284. The van der Waals surface area contributed by atoms with E-state index in [2.05, 4.69) is 11.4 Å². The zero-order valence-corrected chi connectivity index (χ0v) is 8.13. The van der Waals surface area contributed by atoms with Gasteiger partial charge in [-0.1, -0.05) is 24.3 Å². The number of hydrogen-bond donors (Lipinski definition) is 1. The van der Waals surface area contributed by atoms with Gasteiger partial charge in [0, 0.05) is 12.1 Å². The summed E-state index contributed by atoms with van der Waals surface area (Å²) in [6, 6.07) is 0. The van der Waals surface area contributed by atoms with Crippen LogP contribution in [0.2, 0.25) is 0 Å². The molecule has 0 aromatic carbocycles. The van der Waals surface area contributed by atoms with E-state index >= 15 is 0 Å². The lowest BCUT2D eigenvalue weighted by atomic mass is 10.0. The minimum absolute atomic E-state index is 0.116. The molecule has 1 amide bonds. The minimum Gasteiger partial charge on any atom is -0.326 e. The van der Waals surface area contributed by atoms with Gasteiger partial charge in [-0.15, -0.1) is 0 Å². The molecular weight excluding hydrogens is 162 g/mol. The summed E-state index contributed by atoms with van der Waals surface area (Å²) in [6.45, 7) is 3.91. The van der Waals surface area contributed by atoms with Crippen LogP contribution in [0.3, 0.4) is 0 Å². The van der Waals surface area contributed by atoms with Gasteiger partial charge in [-0.25, -0.2) is 0 Å². The highest BCUT2D eigenvalue weighted by Gasteiger charge is 2.15. The van der Waals surface area contributed by atoms with Crippen molar-refractivity contribution in [3.8, 4) is 0 Å². The summed E-state index contributed by atoms with van der Waals surface area (Å²) in [5.74, 6) is 0.116. The van der Waals surface area contributed by atoms with Gasteiger partial charge in [0.05, 0.1) is 0 Å². The van der Waals surface area contributed by atoms with Gasteiger partial charge in [0.2, 0.25) is 5.91 Å². The topological polar surface area (TPSA) is 29.1 Å². The molecule has 0 radical (unpaired) electrons. The van der Waals surface area contributed by atoms with Gasteiger partial charge in [-0.05, 0) is 25.8 Å². The van der Waals surface area contributed by atoms with Gasteiger partial charge in [0.25, 0.3) is 0 Å². The van der Waals surface area contributed by atoms with Gasteiger partial charge in [-0.2, -0.15) is 0 Å². The molecule has 0 aromatic rings. The summed E-state index contributed by atoms with van der Waals surface area (Å²) in [4.78, 5) is 11.1. The predicted octanol–water partition coefficient (Wildman–Crippen LogP) is 2.30. The highest BCUT2D eigenvalue weighted by atomic mass is 16.1. The van der Waals surface area contributed by atoms with Gasteiger partial charge in [-0.3, -0.25) is 4.79 Å². The molecule has 13 heavy (non-hydrogen) atoms. The summed E-state index contributed by atoms with van der Waals surface area (Å²) >= 11 is 0. The van der Waals surface area contributed by atoms with Crippen molar-refractivity contribution in [1.29, 1.82) is 0 Å². The average molecular weight is 177 g/mol. The molecule has 1 aliphatic heterocycles. The highest BCUT2D eigenvalue weighted by molar-refractivity contribution is 5.81. The summed E-state index contributed by atoms with van der Waals surface area (Å²) in [5.41, 5.74) is 2.16. The second kappa shape index (κ2) is 4.65. The lowest BCUT2D eigenvalue weighted by molar-refractivity contribution is -0.120. The maximum absolute atomic E-state index is 11.1. The first-order valence-corrected chi connectivity index (χ1v) is 4.56. The first-order valence-electron chi connectivity index (χ1n) is 4.56. The number of hydrogen-bond acceptors (Lipinski definition) is 1. The van der Waals surface area contributed by atoms with Crippen LogP contribution in [0.5, 0.6) is 0 Å².